The van der Waals surface area contributed by atoms with Gasteiger partial charge in [-0.3, -0.25) is 4.79 Å². The van der Waals surface area contributed by atoms with Crippen LogP contribution in [0.15, 0.2) is 18.2 Å². The summed E-state index contributed by atoms with van der Waals surface area (Å²) in [5.74, 6) is 2.00. The maximum atomic E-state index is 12.2. The first kappa shape index (κ1) is 10.3. The average Bonchev–Trinajstić information content (AvgIpc) is 2.74. The topological polar surface area (TPSA) is 17.1 Å². The van der Waals surface area contributed by atoms with Gasteiger partial charge in [0.15, 0.2) is 5.78 Å². The smallest absolute Gasteiger partial charge is 0.166 e. The number of rotatable bonds is 2. The normalized spacial score (nSPS) is 31.2. The third-order valence-electron chi connectivity index (χ3n) is 4.17. The highest BCUT2D eigenvalue weighted by Gasteiger charge is 2.56. The number of hydrogen-bond donors (Lipinski definition) is 0. The molecule has 84 valence electrons. The Morgan fingerprint density at radius 2 is 2.00 bits per heavy atom. The zero-order chi connectivity index (χ0) is 11.3. The average molecular weight is 235 g/mol. The van der Waals surface area contributed by atoms with Crippen molar-refractivity contribution in [3.8, 4) is 0 Å². The van der Waals surface area contributed by atoms with Crippen molar-refractivity contribution in [1.82, 2.24) is 0 Å². The quantitative estimate of drug-likeness (QED) is 0.710. The molecule has 0 radical (unpaired) electrons. The van der Waals surface area contributed by atoms with E-state index >= 15 is 0 Å². The van der Waals surface area contributed by atoms with E-state index in [1.807, 2.05) is 25.1 Å². The number of carbonyl (C=O) groups is 1. The molecule has 1 aromatic carbocycles. The Morgan fingerprint density at radius 1 is 1.31 bits per heavy atom. The lowest BCUT2D eigenvalue weighted by Gasteiger charge is -2.05. The Kier molecular flexibility index (Phi) is 2.32. The molecule has 0 aliphatic heterocycles. The molecule has 3 rings (SSSR count). The number of ketones is 1. The minimum atomic E-state index is 0.313. The van der Waals surface area contributed by atoms with Crippen LogP contribution in [0.25, 0.3) is 0 Å². The molecular weight excluding hydrogens is 220 g/mol. The monoisotopic (exact) mass is 234 g/mol. The second-order valence-electron chi connectivity index (χ2n) is 5.11. The van der Waals surface area contributed by atoms with Crippen LogP contribution in [0.4, 0.5) is 0 Å². The summed E-state index contributed by atoms with van der Waals surface area (Å²) >= 11 is 6.05. The summed E-state index contributed by atoms with van der Waals surface area (Å²) in [5, 5.41) is 0.705. The van der Waals surface area contributed by atoms with Gasteiger partial charge in [0.2, 0.25) is 0 Å². The number of fused-ring (bicyclic) bond motifs is 1. The van der Waals surface area contributed by atoms with E-state index in [0.717, 1.165) is 11.1 Å². The van der Waals surface area contributed by atoms with Crippen molar-refractivity contribution in [2.75, 3.05) is 0 Å². The van der Waals surface area contributed by atoms with E-state index in [0.29, 0.717) is 28.6 Å². The standard InChI is InChI=1S/C14H15ClO/c1-8-5-6-9(7-12(8)15)14(16)13-10-3-2-4-11(10)13/h5-7,10-11,13H,2-4H2,1H3. The van der Waals surface area contributed by atoms with Crippen LogP contribution >= 0.6 is 11.6 Å². The Morgan fingerprint density at radius 3 is 2.62 bits per heavy atom. The van der Waals surface area contributed by atoms with Gasteiger partial charge in [-0.1, -0.05) is 30.2 Å². The first-order valence-corrected chi connectivity index (χ1v) is 6.36. The van der Waals surface area contributed by atoms with Crippen molar-refractivity contribution in [3.63, 3.8) is 0 Å². The van der Waals surface area contributed by atoms with Crippen LogP contribution < -0.4 is 0 Å². The van der Waals surface area contributed by atoms with Gasteiger partial charge in [0.1, 0.15) is 0 Å². The van der Waals surface area contributed by atoms with E-state index in [1.54, 1.807) is 0 Å². The molecule has 0 saturated heterocycles. The highest BCUT2D eigenvalue weighted by molar-refractivity contribution is 6.31. The van der Waals surface area contributed by atoms with Gasteiger partial charge in [0, 0.05) is 16.5 Å². The fraction of sp³-hybridized carbons (Fsp3) is 0.500. The Balaban J connectivity index is 1.82. The predicted octanol–water partition coefficient (Wildman–Crippen LogP) is 3.88. The minimum Gasteiger partial charge on any atom is -0.294 e. The highest BCUT2D eigenvalue weighted by Crippen LogP contribution is 2.58. The van der Waals surface area contributed by atoms with E-state index in [9.17, 15) is 4.79 Å². The predicted molar refractivity (Wildman–Crippen MR) is 64.8 cm³/mol. The zero-order valence-electron chi connectivity index (χ0n) is 9.37. The number of hydrogen-bond acceptors (Lipinski definition) is 1. The molecular formula is C14H15ClO. The maximum absolute atomic E-state index is 12.2. The first-order chi connectivity index (χ1) is 7.68. The third kappa shape index (κ3) is 1.49. The minimum absolute atomic E-state index is 0.313. The summed E-state index contributed by atoms with van der Waals surface area (Å²) in [6.45, 7) is 1.96. The SMILES string of the molecule is Cc1ccc(C(=O)C2C3CCCC32)cc1Cl. The van der Waals surface area contributed by atoms with Crippen molar-refractivity contribution >= 4 is 17.4 Å². The summed E-state index contributed by atoms with van der Waals surface area (Å²) < 4.78 is 0. The van der Waals surface area contributed by atoms with Gasteiger partial charge in [-0.2, -0.15) is 0 Å². The second-order valence-corrected chi connectivity index (χ2v) is 5.52. The molecule has 2 aliphatic rings. The third-order valence-corrected chi connectivity index (χ3v) is 4.57. The Hall–Kier alpha value is -0.820. The lowest BCUT2D eigenvalue weighted by molar-refractivity contribution is 0.0951. The second kappa shape index (κ2) is 3.59. The fourth-order valence-electron chi connectivity index (χ4n) is 3.15. The summed E-state index contributed by atoms with van der Waals surface area (Å²) in [4.78, 5) is 12.2. The van der Waals surface area contributed by atoms with Crippen molar-refractivity contribution < 1.29 is 4.79 Å². The van der Waals surface area contributed by atoms with Crippen molar-refractivity contribution in [3.05, 3.63) is 34.3 Å². The molecule has 2 heteroatoms. The molecule has 2 fully saturated rings. The highest BCUT2D eigenvalue weighted by atomic mass is 35.5. The molecule has 0 bridgehead atoms. The summed E-state index contributed by atoms with van der Waals surface area (Å²) in [6, 6.07) is 5.68. The maximum Gasteiger partial charge on any atom is 0.166 e. The zero-order valence-corrected chi connectivity index (χ0v) is 10.1. The van der Waals surface area contributed by atoms with Gasteiger partial charge < -0.3 is 0 Å². The molecule has 2 aliphatic carbocycles. The molecule has 0 aromatic heterocycles. The molecule has 2 atom stereocenters. The Labute approximate surface area is 101 Å². The summed E-state index contributed by atoms with van der Waals surface area (Å²) in [7, 11) is 0. The number of aryl methyl sites for hydroxylation is 1. The van der Waals surface area contributed by atoms with E-state index < -0.39 is 0 Å². The molecule has 1 aromatic rings. The van der Waals surface area contributed by atoms with E-state index in [1.165, 1.54) is 19.3 Å². The molecule has 0 heterocycles. The molecule has 2 saturated carbocycles. The lowest BCUT2D eigenvalue weighted by atomic mass is 10.0. The van der Waals surface area contributed by atoms with Crippen LogP contribution in [0, 0.1) is 24.7 Å². The van der Waals surface area contributed by atoms with Gasteiger partial charge >= 0.3 is 0 Å². The van der Waals surface area contributed by atoms with Gasteiger partial charge in [0.25, 0.3) is 0 Å². The number of carbonyl (C=O) groups excluding carboxylic acids is 1. The molecule has 0 spiro atoms. The van der Waals surface area contributed by atoms with Crippen LogP contribution in [0.1, 0.15) is 35.2 Å². The summed E-state index contributed by atoms with van der Waals surface area (Å²) in [5.41, 5.74) is 1.84. The summed E-state index contributed by atoms with van der Waals surface area (Å²) in [6.07, 6.45) is 3.81. The van der Waals surface area contributed by atoms with E-state index in [-0.39, 0.29) is 0 Å². The first-order valence-electron chi connectivity index (χ1n) is 5.99. The van der Waals surface area contributed by atoms with Gasteiger partial charge in [0.05, 0.1) is 0 Å². The van der Waals surface area contributed by atoms with Gasteiger partial charge in [-0.05, 0) is 43.2 Å². The Bertz CT molecular complexity index is 442. The molecule has 16 heavy (non-hydrogen) atoms. The van der Waals surface area contributed by atoms with Crippen LogP contribution in [-0.4, -0.2) is 5.78 Å². The fourth-order valence-corrected chi connectivity index (χ4v) is 3.33. The van der Waals surface area contributed by atoms with E-state index in [2.05, 4.69) is 0 Å². The number of Topliss-reactive ketones (excluding diaryl/α,β-unsaturated/α-hetero) is 1. The van der Waals surface area contributed by atoms with Crippen LogP contribution in [0.5, 0.6) is 0 Å². The number of halogens is 1. The molecule has 0 N–H and O–H groups in total. The van der Waals surface area contributed by atoms with Gasteiger partial charge in [-0.25, -0.2) is 0 Å². The van der Waals surface area contributed by atoms with Crippen LogP contribution in [0.2, 0.25) is 5.02 Å². The van der Waals surface area contributed by atoms with Crippen LogP contribution in [0.3, 0.4) is 0 Å². The van der Waals surface area contributed by atoms with Crippen LogP contribution in [-0.2, 0) is 0 Å². The number of benzene rings is 1. The largest absolute Gasteiger partial charge is 0.294 e. The molecule has 2 unspecified atom stereocenters. The molecule has 1 nitrogen and oxygen atoms in total. The van der Waals surface area contributed by atoms with Crippen molar-refractivity contribution in [2.24, 2.45) is 17.8 Å². The van der Waals surface area contributed by atoms with E-state index in [4.69, 9.17) is 11.6 Å². The van der Waals surface area contributed by atoms with Crippen molar-refractivity contribution in [1.29, 1.82) is 0 Å². The van der Waals surface area contributed by atoms with Gasteiger partial charge in [-0.15, -0.1) is 0 Å². The molecule has 0 amide bonds. The lowest BCUT2D eigenvalue weighted by Crippen LogP contribution is -2.06. The van der Waals surface area contributed by atoms with Crippen molar-refractivity contribution in [2.45, 2.75) is 26.2 Å².